The molecule has 1 rings (SSSR count). The Morgan fingerprint density at radius 2 is 1.65 bits per heavy atom. The van der Waals surface area contributed by atoms with Crippen LogP contribution >= 0.6 is 0 Å². The summed E-state index contributed by atoms with van der Waals surface area (Å²) in [6, 6.07) is 0. The third-order valence-corrected chi connectivity index (χ3v) is 3.75. The highest BCUT2D eigenvalue weighted by Gasteiger charge is 2.25. The lowest BCUT2D eigenvalue weighted by Crippen LogP contribution is -2.41. The third kappa shape index (κ3) is 4.36. The number of carbonyl (C=O) groups excluding carboxylic acids is 2. The Kier molecular flexibility index (Phi) is 5.73. The van der Waals surface area contributed by atoms with Gasteiger partial charge in [0.25, 0.3) is 0 Å². The number of carboxylic acids is 1. The number of rotatable bonds is 4. The van der Waals surface area contributed by atoms with Crippen LogP contribution < -0.4 is 5.32 Å². The predicted octanol–water partition coefficient (Wildman–Crippen LogP) is 0.782. The van der Waals surface area contributed by atoms with Gasteiger partial charge in [0.15, 0.2) is 0 Å². The zero-order valence-electron chi connectivity index (χ0n) is 12.2. The number of aliphatic carboxylic acids is 1. The van der Waals surface area contributed by atoms with Crippen molar-refractivity contribution in [2.24, 2.45) is 5.92 Å². The maximum Gasteiger partial charge on any atom is 0.331 e. The fourth-order valence-corrected chi connectivity index (χ4v) is 2.19. The van der Waals surface area contributed by atoms with Gasteiger partial charge in [0.2, 0.25) is 11.8 Å². The summed E-state index contributed by atoms with van der Waals surface area (Å²) in [5.41, 5.74) is 0.383. The molecule has 0 unspecified atom stereocenters. The van der Waals surface area contributed by atoms with Crippen molar-refractivity contribution in [1.82, 2.24) is 10.2 Å². The molecule has 0 aliphatic carbocycles. The number of piperidine rings is 1. The van der Waals surface area contributed by atoms with E-state index in [0.717, 1.165) is 12.8 Å². The molecular weight excluding hydrogens is 260 g/mol. The van der Waals surface area contributed by atoms with Gasteiger partial charge < -0.3 is 15.3 Å². The SMILES string of the molecule is CC(=O)NCC1CCN(C(=O)C(C)=C(C)C(=O)O)CC1. The van der Waals surface area contributed by atoms with E-state index in [-0.39, 0.29) is 23.0 Å². The Labute approximate surface area is 118 Å². The van der Waals surface area contributed by atoms with Gasteiger partial charge in [-0.25, -0.2) is 4.79 Å². The topological polar surface area (TPSA) is 86.7 Å². The average Bonchev–Trinajstić information content (AvgIpc) is 2.43. The summed E-state index contributed by atoms with van der Waals surface area (Å²) in [5.74, 6) is -0.925. The first kappa shape index (κ1) is 16.2. The van der Waals surface area contributed by atoms with Crippen molar-refractivity contribution in [3.05, 3.63) is 11.1 Å². The molecule has 2 N–H and O–H groups in total. The zero-order chi connectivity index (χ0) is 15.3. The molecule has 1 fully saturated rings. The number of nitrogens with one attached hydrogen (secondary N) is 1. The number of nitrogens with zero attached hydrogens (tertiary/aromatic N) is 1. The van der Waals surface area contributed by atoms with E-state index in [1.54, 1.807) is 11.8 Å². The molecule has 6 heteroatoms. The van der Waals surface area contributed by atoms with E-state index >= 15 is 0 Å². The maximum atomic E-state index is 12.2. The van der Waals surface area contributed by atoms with Gasteiger partial charge in [0.05, 0.1) is 0 Å². The summed E-state index contributed by atoms with van der Waals surface area (Å²) >= 11 is 0. The number of likely N-dealkylation sites (tertiary alicyclic amines) is 1. The van der Waals surface area contributed by atoms with Crippen molar-refractivity contribution >= 4 is 17.8 Å². The molecule has 0 aromatic carbocycles. The first-order valence-electron chi connectivity index (χ1n) is 6.77. The highest BCUT2D eigenvalue weighted by molar-refractivity contribution is 6.01. The summed E-state index contributed by atoms with van der Waals surface area (Å²) in [6.07, 6.45) is 1.65. The van der Waals surface area contributed by atoms with E-state index in [0.29, 0.717) is 25.6 Å². The van der Waals surface area contributed by atoms with Crippen molar-refractivity contribution in [1.29, 1.82) is 0 Å². The zero-order valence-corrected chi connectivity index (χ0v) is 12.2. The third-order valence-electron chi connectivity index (χ3n) is 3.75. The van der Waals surface area contributed by atoms with Crippen LogP contribution in [0.3, 0.4) is 0 Å². The molecule has 0 aromatic rings. The van der Waals surface area contributed by atoms with Crippen LogP contribution in [0, 0.1) is 5.92 Å². The standard InChI is InChI=1S/C14H22N2O4/c1-9(10(2)14(19)20)13(18)16-6-4-12(5-7-16)8-15-11(3)17/h12H,4-8H2,1-3H3,(H,15,17)(H,19,20). The second-order valence-corrected chi connectivity index (χ2v) is 5.23. The summed E-state index contributed by atoms with van der Waals surface area (Å²) in [5, 5.41) is 11.7. The van der Waals surface area contributed by atoms with Crippen molar-refractivity contribution in [2.45, 2.75) is 33.6 Å². The minimum Gasteiger partial charge on any atom is -0.478 e. The molecule has 0 spiro atoms. The number of amides is 2. The molecule has 2 amide bonds. The van der Waals surface area contributed by atoms with Crippen molar-refractivity contribution < 1.29 is 19.5 Å². The number of carboxylic acid groups (broad SMARTS) is 1. The van der Waals surface area contributed by atoms with Crippen LogP contribution in [0.1, 0.15) is 33.6 Å². The molecular formula is C14H22N2O4. The van der Waals surface area contributed by atoms with Crippen molar-refractivity contribution in [2.75, 3.05) is 19.6 Å². The molecule has 20 heavy (non-hydrogen) atoms. The Morgan fingerprint density at radius 3 is 2.10 bits per heavy atom. The van der Waals surface area contributed by atoms with E-state index in [2.05, 4.69) is 5.32 Å². The predicted molar refractivity (Wildman–Crippen MR) is 74.0 cm³/mol. The Morgan fingerprint density at radius 1 is 1.10 bits per heavy atom. The minimum atomic E-state index is -1.06. The van der Waals surface area contributed by atoms with Crippen molar-refractivity contribution in [3.8, 4) is 0 Å². The van der Waals surface area contributed by atoms with E-state index in [1.165, 1.54) is 13.8 Å². The van der Waals surface area contributed by atoms with Gasteiger partial charge in [0, 0.05) is 37.7 Å². The van der Waals surface area contributed by atoms with Crippen LogP contribution in [0.15, 0.2) is 11.1 Å². The second kappa shape index (κ2) is 7.07. The number of carbonyl (C=O) groups is 3. The normalized spacial score (nSPS) is 17.4. The minimum absolute atomic E-state index is 0.0423. The lowest BCUT2D eigenvalue weighted by Gasteiger charge is -2.32. The van der Waals surface area contributed by atoms with Gasteiger partial charge in [-0.2, -0.15) is 0 Å². The van der Waals surface area contributed by atoms with Gasteiger partial charge >= 0.3 is 5.97 Å². The highest BCUT2D eigenvalue weighted by Crippen LogP contribution is 2.19. The molecule has 0 saturated carbocycles. The van der Waals surface area contributed by atoms with Gasteiger partial charge in [-0.05, 0) is 32.6 Å². The Balaban J connectivity index is 2.53. The van der Waals surface area contributed by atoms with Crippen LogP contribution in [0.2, 0.25) is 0 Å². The van der Waals surface area contributed by atoms with Crippen LogP contribution in [0.25, 0.3) is 0 Å². The Bertz CT molecular complexity index is 434. The van der Waals surface area contributed by atoms with Crippen LogP contribution in [0.5, 0.6) is 0 Å². The monoisotopic (exact) mass is 282 g/mol. The fourth-order valence-electron chi connectivity index (χ4n) is 2.19. The van der Waals surface area contributed by atoms with E-state index in [4.69, 9.17) is 5.11 Å². The van der Waals surface area contributed by atoms with Gasteiger partial charge in [-0.1, -0.05) is 0 Å². The van der Waals surface area contributed by atoms with Gasteiger partial charge in [-0.3, -0.25) is 9.59 Å². The lowest BCUT2D eigenvalue weighted by atomic mass is 9.96. The summed E-state index contributed by atoms with van der Waals surface area (Å²) < 4.78 is 0. The van der Waals surface area contributed by atoms with Crippen LogP contribution in [-0.2, 0) is 14.4 Å². The quantitative estimate of drug-likeness (QED) is 0.746. The largest absolute Gasteiger partial charge is 0.478 e. The fraction of sp³-hybridized carbons (Fsp3) is 0.643. The molecule has 0 radical (unpaired) electrons. The molecule has 112 valence electrons. The molecule has 0 aromatic heterocycles. The molecule has 0 atom stereocenters. The van der Waals surface area contributed by atoms with Crippen molar-refractivity contribution in [3.63, 3.8) is 0 Å². The molecule has 1 saturated heterocycles. The van der Waals surface area contributed by atoms with Gasteiger partial charge in [0.1, 0.15) is 0 Å². The molecule has 6 nitrogen and oxygen atoms in total. The molecule has 0 bridgehead atoms. The Hall–Kier alpha value is -1.85. The first-order valence-corrected chi connectivity index (χ1v) is 6.77. The van der Waals surface area contributed by atoms with E-state index < -0.39 is 5.97 Å². The molecule has 1 aliphatic rings. The molecule has 1 heterocycles. The number of hydrogen-bond acceptors (Lipinski definition) is 3. The average molecular weight is 282 g/mol. The summed E-state index contributed by atoms with van der Waals surface area (Å²) in [6.45, 7) is 6.33. The summed E-state index contributed by atoms with van der Waals surface area (Å²) in [7, 11) is 0. The van der Waals surface area contributed by atoms with Crippen LogP contribution in [-0.4, -0.2) is 47.4 Å². The smallest absolute Gasteiger partial charge is 0.331 e. The summed E-state index contributed by atoms with van der Waals surface area (Å²) in [4.78, 5) is 35.5. The van der Waals surface area contributed by atoms with E-state index in [9.17, 15) is 14.4 Å². The lowest BCUT2D eigenvalue weighted by molar-refractivity contribution is -0.134. The highest BCUT2D eigenvalue weighted by atomic mass is 16.4. The second-order valence-electron chi connectivity index (χ2n) is 5.23. The van der Waals surface area contributed by atoms with Crippen LogP contribution in [0.4, 0.5) is 0 Å². The molecule has 1 aliphatic heterocycles. The number of hydrogen-bond donors (Lipinski definition) is 2. The van der Waals surface area contributed by atoms with E-state index in [1.807, 2.05) is 0 Å². The van der Waals surface area contributed by atoms with Gasteiger partial charge in [-0.15, -0.1) is 0 Å². The maximum absolute atomic E-state index is 12.2. The first-order chi connectivity index (χ1) is 9.32.